The van der Waals surface area contributed by atoms with E-state index in [2.05, 4.69) is 67.1 Å². The van der Waals surface area contributed by atoms with Crippen LogP contribution in [0.25, 0.3) is 0 Å². The first-order chi connectivity index (χ1) is 8.43. The second-order valence-electron chi connectivity index (χ2n) is 4.83. The Morgan fingerprint density at radius 1 is 0.706 bits per heavy atom. The van der Waals surface area contributed by atoms with Gasteiger partial charge in [0, 0.05) is 0 Å². The number of hydrogen-bond acceptors (Lipinski definition) is 0. The van der Waals surface area contributed by atoms with E-state index in [0.29, 0.717) is 11.8 Å². The molecule has 0 bridgehead atoms. The lowest BCUT2D eigenvalue weighted by molar-refractivity contribution is 0.691. The van der Waals surface area contributed by atoms with Gasteiger partial charge in [-0.15, -0.1) is 0 Å². The summed E-state index contributed by atoms with van der Waals surface area (Å²) in [5.74, 6) is 1.35. The molecule has 1 aliphatic carbocycles. The minimum Gasteiger partial charge on any atom is -0.0622 e. The van der Waals surface area contributed by atoms with Crippen molar-refractivity contribution in [2.75, 3.05) is 0 Å². The smallest absolute Gasteiger partial charge is 0.0125 e. The average molecular weight is 221 g/mol. The van der Waals surface area contributed by atoms with Gasteiger partial charge in [0.1, 0.15) is 0 Å². The molecule has 2 unspecified atom stereocenters. The first kappa shape index (κ1) is 10.6. The van der Waals surface area contributed by atoms with Crippen LogP contribution in [-0.4, -0.2) is 0 Å². The molecule has 0 heteroatoms. The van der Waals surface area contributed by atoms with Gasteiger partial charge in [-0.2, -0.15) is 0 Å². The van der Waals surface area contributed by atoms with E-state index in [-0.39, 0.29) is 0 Å². The first-order valence-electron chi connectivity index (χ1n) is 6.37. The first-order valence-corrected chi connectivity index (χ1v) is 6.37. The summed E-state index contributed by atoms with van der Waals surface area (Å²) in [4.78, 5) is 0. The predicted octanol–water partition coefficient (Wildman–Crippen LogP) is 4.55. The zero-order valence-electron chi connectivity index (χ0n) is 9.92. The van der Waals surface area contributed by atoms with Gasteiger partial charge < -0.3 is 0 Å². The summed E-state index contributed by atoms with van der Waals surface area (Å²) >= 11 is 0. The van der Waals surface area contributed by atoms with Crippen molar-refractivity contribution in [3.63, 3.8) is 0 Å². The van der Waals surface area contributed by atoms with Crippen LogP contribution in [0.5, 0.6) is 0 Å². The Morgan fingerprint density at radius 2 is 1.29 bits per heavy atom. The topological polar surface area (TPSA) is 0 Å². The third-order valence-corrected chi connectivity index (χ3v) is 3.74. The van der Waals surface area contributed by atoms with Crippen LogP contribution in [0, 0.1) is 6.42 Å². The van der Waals surface area contributed by atoms with Gasteiger partial charge in [-0.3, -0.25) is 0 Å². The van der Waals surface area contributed by atoms with Crippen molar-refractivity contribution in [3.05, 3.63) is 78.2 Å². The zero-order valence-corrected chi connectivity index (χ0v) is 9.92. The van der Waals surface area contributed by atoms with Gasteiger partial charge in [-0.05, 0) is 42.2 Å². The minimum atomic E-state index is 0.640. The van der Waals surface area contributed by atoms with Gasteiger partial charge in [0.25, 0.3) is 0 Å². The highest BCUT2D eigenvalue weighted by Gasteiger charge is 2.26. The molecule has 1 aliphatic rings. The summed E-state index contributed by atoms with van der Waals surface area (Å²) in [6, 6.07) is 21.7. The Bertz CT molecular complexity index is 412. The number of rotatable bonds is 2. The summed E-state index contributed by atoms with van der Waals surface area (Å²) in [6.07, 6.45) is 4.95. The lowest BCUT2D eigenvalue weighted by Crippen LogP contribution is -1.95. The van der Waals surface area contributed by atoms with Crippen LogP contribution >= 0.6 is 0 Å². The molecule has 0 nitrogen and oxygen atoms in total. The Morgan fingerprint density at radius 3 is 1.94 bits per heavy atom. The van der Waals surface area contributed by atoms with Crippen molar-refractivity contribution in [2.45, 2.75) is 24.7 Å². The van der Waals surface area contributed by atoms with Gasteiger partial charge in [-0.1, -0.05) is 60.7 Å². The predicted molar refractivity (Wildman–Crippen MR) is 71.9 cm³/mol. The van der Waals surface area contributed by atoms with Crippen LogP contribution in [0.4, 0.5) is 0 Å². The van der Waals surface area contributed by atoms with E-state index < -0.39 is 0 Å². The maximum atomic E-state index is 2.48. The third kappa shape index (κ3) is 2.26. The highest BCUT2D eigenvalue weighted by atomic mass is 14.3. The Hall–Kier alpha value is -1.56. The summed E-state index contributed by atoms with van der Waals surface area (Å²) in [7, 11) is 0. The Labute approximate surface area is 103 Å². The Balaban J connectivity index is 1.75. The van der Waals surface area contributed by atoms with E-state index in [0.717, 1.165) is 0 Å². The summed E-state index contributed by atoms with van der Waals surface area (Å²) in [5, 5.41) is 0. The number of hydrogen-bond donors (Lipinski definition) is 0. The third-order valence-electron chi connectivity index (χ3n) is 3.74. The monoisotopic (exact) mass is 221 g/mol. The summed E-state index contributed by atoms with van der Waals surface area (Å²) in [5.41, 5.74) is 2.95. The lowest BCUT2D eigenvalue weighted by Gasteiger charge is -2.11. The second kappa shape index (κ2) is 4.75. The molecule has 0 heterocycles. The quantitative estimate of drug-likeness (QED) is 0.697. The SMILES string of the molecule is [CH]1CC(c2ccccc2)CC1c1ccccc1. The lowest BCUT2D eigenvalue weighted by atomic mass is 9.93. The van der Waals surface area contributed by atoms with Crippen molar-refractivity contribution >= 4 is 0 Å². The molecule has 0 amide bonds. The molecule has 0 saturated heterocycles. The largest absolute Gasteiger partial charge is 0.0622 e. The standard InChI is InChI=1S/C17H17/c1-3-7-14(8-4-1)16-11-12-17(13-16)15-9-5-2-6-10-15/h1-11,16-17H,12-13H2. The van der Waals surface area contributed by atoms with Crippen molar-refractivity contribution < 1.29 is 0 Å². The normalized spacial score (nSPS) is 23.8. The molecule has 0 aliphatic heterocycles. The molecule has 3 rings (SSSR count). The van der Waals surface area contributed by atoms with E-state index in [1.165, 1.54) is 24.0 Å². The van der Waals surface area contributed by atoms with Gasteiger partial charge in [-0.25, -0.2) is 0 Å². The van der Waals surface area contributed by atoms with Crippen molar-refractivity contribution in [1.82, 2.24) is 0 Å². The van der Waals surface area contributed by atoms with Crippen molar-refractivity contribution in [1.29, 1.82) is 0 Å². The second-order valence-corrected chi connectivity index (χ2v) is 4.83. The molecule has 2 aromatic carbocycles. The molecular formula is C17H17. The molecule has 0 N–H and O–H groups in total. The van der Waals surface area contributed by atoms with Crippen LogP contribution in [0.15, 0.2) is 60.7 Å². The number of benzene rings is 2. The molecule has 0 aromatic heterocycles. The van der Waals surface area contributed by atoms with E-state index in [4.69, 9.17) is 0 Å². The summed E-state index contributed by atoms with van der Waals surface area (Å²) < 4.78 is 0. The van der Waals surface area contributed by atoms with Crippen LogP contribution in [0.1, 0.15) is 35.8 Å². The van der Waals surface area contributed by atoms with Crippen molar-refractivity contribution in [2.24, 2.45) is 0 Å². The van der Waals surface area contributed by atoms with E-state index in [1.807, 2.05) is 0 Å². The van der Waals surface area contributed by atoms with E-state index in [1.54, 1.807) is 0 Å². The summed E-state index contributed by atoms with van der Waals surface area (Å²) in [6.45, 7) is 0. The fraction of sp³-hybridized carbons (Fsp3) is 0.235. The maximum Gasteiger partial charge on any atom is -0.0125 e. The van der Waals surface area contributed by atoms with Crippen LogP contribution < -0.4 is 0 Å². The van der Waals surface area contributed by atoms with Gasteiger partial charge in [0.2, 0.25) is 0 Å². The molecular weight excluding hydrogens is 204 g/mol. The fourth-order valence-electron chi connectivity index (χ4n) is 2.80. The molecule has 17 heavy (non-hydrogen) atoms. The van der Waals surface area contributed by atoms with E-state index >= 15 is 0 Å². The highest BCUT2D eigenvalue weighted by molar-refractivity contribution is 5.29. The van der Waals surface area contributed by atoms with Gasteiger partial charge in [0.05, 0.1) is 0 Å². The molecule has 1 radical (unpaired) electrons. The van der Waals surface area contributed by atoms with Crippen LogP contribution in [-0.2, 0) is 0 Å². The zero-order chi connectivity index (χ0) is 11.5. The van der Waals surface area contributed by atoms with Crippen LogP contribution in [0.3, 0.4) is 0 Å². The molecule has 0 spiro atoms. The molecule has 1 saturated carbocycles. The molecule has 2 aromatic rings. The van der Waals surface area contributed by atoms with Gasteiger partial charge >= 0.3 is 0 Å². The maximum absolute atomic E-state index is 2.48. The van der Waals surface area contributed by atoms with E-state index in [9.17, 15) is 0 Å². The van der Waals surface area contributed by atoms with Gasteiger partial charge in [0.15, 0.2) is 0 Å². The van der Waals surface area contributed by atoms with Crippen molar-refractivity contribution in [3.8, 4) is 0 Å². The molecule has 1 fully saturated rings. The minimum absolute atomic E-state index is 0.640. The highest BCUT2D eigenvalue weighted by Crippen LogP contribution is 2.42. The van der Waals surface area contributed by atoms with Crippen LogP contribution in [0.2, 0.25) is 0 Å². The fourth-order valence-corrected chi connectivity index (χ4v) is 2.80. The Kier molecular flexibility index (Phi) is 2.96. The molecule has 85 valence electrons. The average Bonchev–Trinajstić information content (AvgIpc) is 2.90. The molecule has 2 atom stereocenters.